The second-order valence-corrected chi connectivity index (χ2v) is 7.84. The van der Waals surface area contributed by atoms with Crippen LogP contribution in [0.25, 0.3) is 0 Å². The van der Waals surface area contributed by atoms with E-state index in [1.54, 1.807) is 20.8 Å². The lowest BCUT2D eigenvalue weighted by Crippen LogP contribution is -2.27. The summed E-state index contributed by atoms with van der Waals surface area (Å²) < 4.78 is 5.17. The Morgan fingerprint density at radius 1 is 1.07 bits per heavy atom. The molecule has 4 N–H and O–H groups in total. The second kappa shape index (κ2) is 10.8. The highest BCUT2D eigenvalue weighted by Gasteiger charge is 2.21. The SMILES string of the molecule is CCCCCCCCCC(=O)c1ccc(O)c(NC(=O)OC(C)(C)C)c1N. The molecule has 1 rings (SSSR count). The van der Waals surface area contributed by atoms with Crippen molar-refractivity contribution in [2.75, 3.05) is 11.1 Å². The number of ether oxygens (including phenoxy) is 1. The van der Waals surface area contributed by atoms with Crippen LogP contribution in [0.15, 0.2) is 12.1 Å². The third kappa shape index (κ3) is 8.33. The van der Waals surface area contributed by atoms with Crippen LogP contribution < -0.4 is 11.1 Å². The van der Waals surface area contributed by atoms with Crippen LogP contribution >= 0.6 is 0 Å². The summed E-state index contributed by atoms with van der Waals surface area (Å²) in [6.07, 6.45) is 7.53. The highest BCUT2D eigenvalue weighted by atomic mass is 16.6. The smallest absolute Gasteiger partial charge is 0.412 e. The van der Waals surface area contributed by atoms with Crippen molar-refractivity contribution in [3.05, 3.63) is 17.7 Å². The predicted molar refractivity (Wildman–Crippen MR) is 109 cm³/mol. The first kappa shape index (κ1) is 22.8. The molecule has 0 unspecified atom stereocenters. The summed E-state index contributed by atoms with van der Waals surface area (Å²) in [5.74, 6) is -0.292. The summed E-state index contributed by atoms with van der Waals surface area (Å²) in [6, 6.07) is 2.86. The number of amides is 1. The molecule has 0 radical (unpaired) electrons. The van der Waals surface area contributed by atoms with Crippen molar-refractivity contribution in [3.8, 4) is 5.75 Å². The number of nitrogen functional groups attached to an aromatic ring is 1. The Balaban J connectivity index is 2.66. The Morgan fingerprint density at radius 3 is 2.26 bits per heavy atom. The fourth-order valence-electron chi connectivity index (χ4n) is 2.77. The minimum absolute atomic E-state index is 0.00895. The summed E-state index contributed by atoms with van der Waals surface area (Å²) in [5.41, 5.74) is 5.73. The molecule has 0 aromatic heterocycles. The lowest BCUT2D eigenvalue weighted by Gasteiger charge is -2.20. The molecule has 0 fully saturated rings. The van der Waals surface area contributed by atoms with Gasteiger partial charge in [0, 0.05) is 12.0 Å². The molecule has 0 aliphatic rings. The number of nitrogens with two attached hydrogens (primary N) is 1. The van der Waals surface area contributed by atoms with Gasteiger partial charge in [-0.25, -0.2) is 4.79 Å². The first-order chi connectivity index (χ1) is 12.7. The van der Waals surface area contributed by atoms with Crippen LogP contribution in [0.3, 0.4) is 0 Å². The summed E-state index contributed by atoms with van der Waals surface area (Å²) >= 11 is 0. The largest absolute Gasteiger partial charge is 0.506 e. The number of benzene rings is 1. The molecule has 0 saturated heterocycles. The highest BCUT2D eigenvalue weighted by Crippen LogP contribution is 2.34. The molecule has 152 valence electrons. The minimum Gasteiger partial charge on any atom is -0.506 e. The van der Waals surface area contributed by atoms with Gasteiger partial charge in [0.15, 0.2) is 5.78 Å². The summed E-state index contributed by atoms with van der Waals surface area (Å²) in [5, 5.41) is 12.4. The lowest BCUT2D eigenvalue weighted by molar-refractivity contribution is 0.0635. The van der Waals surface area contributed by atoms with E-state index >= 15 is 0 Å². The number of phenols is 1. The van der Waals surface area contributed by atoms with E-state index in [0.717, 1.165) is 19.3 Å². The number of Topliss-reactive ketones (excluding diaryl/α,β-unsaturated/α-hetero) is 1. The number of ketones is 1. The number of anilines is 2. The standard InChI is InChI=1S/C21H34N2O4/c1-5-6-7-8-9-10-11-12-16(24)15-13-14-17(25)19(18(15)22)23-20(26)27-21(2,3)4/h13-14,25H,5-12,22H2,1-4H3,(H,23,26). The maximum Gasteiger partial charge on any atom is 0.412 e. The van der Waals surface area contributed by atoms with Gasteiger partial charge in [0.1, 0.15) is 17.0 Å². The normalized spacial score (nSPS) is 11.3. The first-order valence-electron chi connectivity index (χ1n) is 9.80. The number of hydrogen-bond acceptors (Lipinski definition) is 5. The summed E-state index contributed by atoms with van der Waals surface area (Å²) in [7, 11) is 0. The zero-order valence-corrected chi connectivity index (χ0v) is 17.1. The van der Waals surface area contributed by atoms with E-state index in [9.17, 15) is 14.7 Å². The molecule has 0 atom stereocenters. The third-order valence-corrected chi connectivity index (χ3v) is 4.16. The molecular formula is C21H34N2O4. The Hall–Kier alpha value is -2.24. The van der Waals surface area contributed by atoms with Crippen LogP contribution in [0, 0.1) is 0 Å². The van der Waals surface area contributed by atoms with Gasteiger partial charge in [-0.2, -0.15) is 0 Å². The van der Waals surface area contributed by atoms with Gasteiger partial charge in [-0.3, -0.25) is 10.1 Å². The molecule has 1 aromatic carbocycles. The van der Waals surface area contributed by atoms with E-state index in [2.05, 4.69) is 12.2 Å². The second-order valence-electron chi connectivity index (χ2n) is 7.84. The van der Waals surface area contributed by atoms with E-state index in [0.29, 0.717) is 12.0 Å². The zero-order chi connectivity index (χ0) is 20.4. The Bertz CT molecular complexity index is 636. The molecule has 1 aromatic rings. The molecule has 0 aliphatic carbocycles. The zero-order valence-electron chi connectivity index (χ0n) is 17.1. The number of aromatic hydroxyl groups is 1. The van der Waals surface area contributed by atoms with Gasteiger partial charge in [-0.15, -0.1) is 0 Å². The number of hydrogen-bond donors (Lipinski definition) is 3. The van der Waals surface area contributed by atoms with Crippen molar-refractivity contribution in [2.45, 2.75) is 84.7 Å². The van der Waals surface area contributed by atoms with Crippen molar-refractivity contribution in [1.29, 1.82) is 0 Å². The molecular weight excluding hydrogens is 344 g/mol. The van der Waals surface area contributed by atoms with Gasteiger partial charge < -0.3 is 15.6 Å². The monoisotopic (exact) mass is 378 g/mol. The molecule has 27 heavy (non-hydrogen) atoms. The summed E-state index contributed by atoms with van der Waals surface area (Å²) in [4.78, 5) is 24.4. The van der Waals surface area contributed by atoms with Crippen molar-refractivity contribution >= 4 is 23.3 Å². The number of carbonyl (C=O) groups is 2. The Kier molecular flexibility index (Phi) is 9.12. The van der Waals surface area contributed by atoms with E-state index in [-0.39, 0.29) is 22.9 Å². The average Bonchev–Trinajstić information content (AvgIpc) is 2.56. The van der Waals surface area contributed by atoms with Crippen LogP contribution in [0.4, 0.5) is 16.2 Å². The lowest BCUT2D eigenvalue weighted by atomic mass is 10.0. The molecule has 6 heteroatoms. The molecule has 6 nitrogen and oxygen atoms in total. The van der Waals surface area contributed by atoms with Crippen LogP contribution in [0.2, 0.25) is 0 Å². The van der Waals surface area contributed by atoms with Gasteiger partial charge in [0.05, 0.1) is 5.69 Å². The predicted octanol–water partition coefficient (Wildman–Crippen LogP) is 5.64. The van der Waals surface area contributed by atoms with E-state index in [1.165, 1.54) is 37.8 Å². The minimum atomic E-state index is -0.735. The number of unbranched alkanes of at least 4 members (excludes halogenated alkanes) is 6. The van der Waals surface area contributed by atoms with Crippen LogP contribution in [-0.4, -0.2) is 22.6 Å². The van der Waals surface area contributed by atoms with E-state index in [4.69, 9.17) is 10.5 Å². The Labute approximate surface area is 162 Å². The van der Waals surface area contributed by atoms with E-state index in [1.807, 2.05) is 0 Å². The van der Waals surface area contributed by atoms with Gasteiger partial charge in [-0.1, -0.05) is 45.4 Å². The van der Waals surface area contributed by atoms with Crippen LogP contribution in [-0.2, 0) is 4.74 Å². The quantitative estimate of drug-likeness (QED) is 0.211. The Morgan fingerprint density at radius 2 is 1.67 bits per heavy atom. The molecule has 0 saturated carbocycles. The van der Waals surface area contributed by atoms with Crippen LogP contribution in [0.5, 0.6) is 5.75 Å². The van der Waals surface area contributed by atoms with Gasteiger partial charge in [0.2, 0.25) is 0 Å². The number of phenolic OH excluding ortho intramolecular Hbond substituents is 1. The fraction of sp³-hybridized carbons (Fsp3) is 0.619. The fourth-order valence-corrected chi connectivity index (χ4v) is 2.77. The number of rotatable bonds is 10. The van der Waals surface area contributed by atoms with Crippen molar-refractivity contribution < 1.29 is 19.4 Å². The van der Waals surface area contributed by atoms with Gasteiger partial charge in [0.25, 0.3) is 0 Å². The van der Waals surface area contributed by atoms with Crippen molar-refractivity contribution in [3.63, 3.8) is 0 Å². The number of nitrogens with one attached hydrogen (secondary N) is 1. The average molecular weight is 379 g/mol. The van der Waals surface area contributed by atoms with Crippen molar-refractivity contribution in [2.24, 2.45) is 0 Å². The topological polar surface area (TPSA) is 102 Å². The maximum absolute atomic E-state index is 12.5. The van der Waals surface area contributed by atoms with E-state index < -0.39 is 11.7 Å². The van der Waals surface area contributed by atoms with Gasteiger partial charge in [-0.05, 0) is 39.3 Å². The third-order valence-electron chi connectivity index (χ3n) is 4.16. The summed E-state index contributed by atoms with van der Waals surface area (Å²) in [6.45, 7) is 7.39. The maximum atomic E-state index is 12.5. The molecule has 0 aliphatic heterocycles. The molecule has 1 amide bonds. The first-order valence-corrected chi connectivity index (χ1v) is 9.80. The van der Waals surface area contributed by atoms with Crippen molar-refractivity contribution in [1.82, 2.24) is 0 Å². The number of carbonyl (C=O) groups excluding carboxylic acids is 2. The highest BCUT2D eigenvalue weighted by molar-refractivity contribution is 6.06. The molecule has 0 bridgehead atoms. The van der Waals surface area contributed by atoms with Crippen LogP contribution in [0.1, 0.15) is 89.4 Å². The molecule has 0 spiro atoms. The molecule has 0 heterocycles. The van der Waals surface area contributed by atoms with Gasteiger partial charge >= 0.3 is 6.09 Å².